The maximum Gasteiger partial charge on any atom is 0.460 e. The Hall–Kier alpha value is -1.11. The monoisotopic (exact) mass is 542 g/mol. The van der Waals surface area contributed by atoms with Gasteiger partial charge in [-0.15, -0.1) is 0 Å². The topological polar surface area (TPSA) is 0 Å². The molecule has 0 unspecified atom stereocenters. The lowest BCUT2D eigenvalue weighted by Gasteiger charge is -2.45. The van der Waals surface area contributed by atoms with Gasteiger partial charge in [0.1, 0.15) is 8.07 Å². The lowest BCUT2D eigenvalue weighted by atomic mass is 9.89. The molecule has 0 fully saturated rings. The fourth-order valence-corrected chi connectivity index (χ4v) is 2.93. The normalized spacial score (nSPS) is 17.1. The first-order chi connectivity index (χ1) is 13.2. The summed E-state index contributed by atoms with van der Waals surface area (Å²) in [6, 6.07) is 0. The smallest absolute Gasteiger partial charge is 0.205 e. The van der Waals surface area contributed by atoms with E-state index in [4.69, 9.17) is 0 Å². The van der Waals surface area contributed by atoms with Crippen molar-refractivity contribution in [3.8, 4) is 0 Å². The Kier molecular flexibility index (Phi) is 6.94. The Morgan fingerprint density at radius 1 is 0.312 bits per heavy atom. The van der Waals surface area contributed by atoms with E-state index in [1.165, 1.54) is 0 Å². The van der Waals surface area contributed by atoms with Gasteiger partial charge in [0, 0.05) is 0 Å². The van der Waals surface area contributed by atoms with E-state index in [0.29, 0.717) is 0 Å². The van der Waals surface area contributed by atoms with Gasteiger partial charge in [0.25, 0.3) is 5.55 Å². The molecule has 0 aromatic rings. The van der Waals surface area contributed by atoms with Gasteiger partial charge in [-0.25, -0.2) is 8.78 Å². The van der Waals surface area contributed by atoms with Crippen LogP contribution in [0.2, 0.25) is 19.6 Å². The standard InChI is InChI=1S/C12H9F19Si/c1-32(2,3)12(30,31)10(25,26)8(21,22)6(17,18)4(13,14)5(15,16)7(19,20)9(23,24)11(27,28)29/h1-3H3. The van der Waals surface area contributed by atoms with E-state index in [-0.39, 0.29) is 19.6 Å². The maximum absolute atomic E-state index is 13.6. The van der Waals surface area contributed by atoms with Crippen molar-refractivity contribution in [3.05, 3.63) is 0 Å². The Labute approximate surface area is 165 Å². The molecule has 32 heavy (non-hydrogen) atoms. The van der Waals surface area contributed by atoms with Crippen LogP contribution in [0.15, 0.2) is 0 Å². The van der Waals surface area contributed by atoms with Crippen molar-refractivity contribution in [1.29, 1.82) is 0 Å². The first-order valence-corrected chi connectivity index (χ1v) is 10.8. The van der Waals surface area contributed by atoms with Crippen LogP contribution in [-0.4, -0.2) is 61.3 Å². The minimum atomic E-state index is -8.86. The number of halogens is 19. The second kappa shape index (κ2) is 7.19. The molecule has 0 heterocycles. The lowest BCUT2D eigenvalue weighted by molar-refractivity contribution is -0.466. The molecule has 0 rings (SSSR count). The summed E-state index contributed by atoms with van der Waals surface area (Å²) in [4.78, 5) is 0. The van der Waals surface area contributed by atoms with Crippen LogP contribution >= 0.6 is 0 Å². The molecule has 0 aromatic carbocycles. The molecule has 0 spiro atoms. The summed E-state index contributed by atoms with van der Waals surface area (Å²) in [5.41, 5.74) is -6.35. The summed E-state index contributed by atoms with van der Waals surface area (Å²) in [6.45, 7) is 0.208. The van der Waals surface area contributed by atoms with E-state index < -0.39 is 61.3 Å². The fraction of sp³-hybridized carbons (Fsp3) is 1.00. The third-order valence-corrected chi connectivity index (χ3v) is 6.26. The van der Waals surface area contributed by atoms with Gasteiger partial charge in [-0.2, -0.15) is 74.6 Å². The van der Waals surface area contributed by atoms with E-state index >= 15 is 0 Å². The van der Waals surface area contributed by atoms with Crippen molar-refractivity contribution < 1.29 is 83.4 Å². The van der Waals surface area contributed by atoms with E-state index in [0.717, 1.165) is 0 Å². The average Bonchev–Trinajstić information content (AvgIpc) is 2.51. The molecule has 20 heteroatoms. The van der Waals surface area contributed by atoms with Crippen LogP contribution in [-0.2, 0) is 0 Å². The molecule has 0 saturated carbocycles. The molecule has 0 aliphatic carbocycles. The Morgan fingerprint density at radius 2 is 0.500 bits per heavy atom. The van der Waals surface area contributed by atoms with Crippen LogP contribution in [0.25, 0.3) is 0 Å². The highest BCUT2D eigenvalue weighted by molar-refractivity contribution is 6.78. The van der Waals surface area contributed by atoms with Crippen LogP contribution in [0.1, 0.15) is 0 Å². The highest BCUT2D eigenvalue weighted by atomic mass is 28.3. The highest BCUT2D eigenvalue weighted by Crippen LogP contribution is 2.65. The molecule has 0 aromatic heterocycles. The predicted octanol–water partition coefficient (Wildman–Crippen LogP) is 7.51. The van der Waals surface area contributed by atoms with Gasteiger partial charge >= 0.3 is 47.6 Å². The largest absolute Gasteiger partial charge is 0.460 e. The van der Waals surface area contributed by atoms with Crippen LogP contribution in [0, 0.1) is 0 Å². The summed E-state index contributed by atoms with van der Waals surface area (Å²) in [5.74, 6) is -59.4. The molecule has 0 nitrogen and oxygen atoms in total. The van der Waals surface area contributed by atoms with E-state index in [2.05, 4.69) is 0 Å². The van der Waals surface area contributed by atoms with Crippen molar-refractivity contribution in [2.75, 3.05) is 0 Å². The molecular formula is C12H9F19Si. The second-order valence-corrected chi connectivity index (χ2v) is 12.5. The van der Waals surface area contributed by atoms with Crippen molar-refractivity contribution >= 4 is 8.07 Å². The van der Waals surface area contributed by atoms with E-state index in [1.54, 1.807) is 0 Å². The summed E-state index contributed by atoms with van der Waals surface area (Å²) in [6.07, 6.45) is -7.87. The average molecular weight is 542 g/mol. The molecular weight excluding hydrogens is 533 g/mol. The number of hydrogen-bond acceptors (Lipinski definition) is 0. The second-order valence-electron chi connectivity index (χ2n) is 7.34. The van der Waals surface area contributed by atoms with Gasteiger partial charge < -0.3 is 0 Å². The molecule has 0 aliphatic rings. The van der Waals surface area contributed by atoms with Crippen molar-refractivity contribution in [1.82, 2.24) is 0 Å². The van der Waals surface area contributed by atoms with Gasteiger partial charge in [-0.3, -0.25) is 0 Å². The zero-order chi connectivity index (χ0) is 27.0. The molecule has 0 saturated heterocycles. The third kappa shape index (κ3) is 3.52. The SMILES string of the molecule is C[Si](C)(C)C(F)(F)C(F)(F)C(F)(F)C(F)(F)C(F)(F)C(F)(F)C(F)(F)C(F)(F)C(F)(F)F. The van der Waals surface area contributed by atoms with Gasteiger partial charge in [-0.05, 0) is 0 Å². The van der Waals surface area contributed by atoms with Crippen LogP contribution in [0.4, 0.5) is 83.4 Å². The predicted molar refractivity (Wildman–Crippen MR) is 69.0 cm³/mol. The molecule has 0 radical (unpaired) electrons. The van der Waals surface area contributed by atoms with Gasteiger partial charge in [0.05, 0.1) is 0 Å². The van der Waals surface area contributed by atoms with Gasteiger partial charge in [0.15, 0.2) is 0 Å². The zero-order valence-electron chi connectivity index (χ0n) is 15.2. The van der Waals surface area contributed by atoms with Crippen molar-refractivity contribution in [2.45, 2.75) is 72.8 Å². The zero-order valence-corrected chi connectivity index (χ0v) is 16.2. The van der Waals surface area contributed by atoms with Gasteiger partial charge in [-0.1, -0.05) is 19.6 Å². The molecule has 194 valence electrons. The molecule has 0 amide bonds. The molecule has 0 aliphatic heterocycles. The van der Waals surface area contributed by atoms with Crippen LogP contribution in [0.5, 0.6) is 0 Å². The lowest BCUT2D eigenvalue weighted by Crippen LogP contribution is -2.77. The Bertz CT molecular complexity index is 634. The van der Waals surface area contributed by atoms with Crippen molar-refractivity contribution in [2.24, 2.45) is 0 Å². The van der Waals surface area contributed by atoms with E-state index in [9.17, 15) is 83.4 Å². The summed E-state index contributed by atoms with van der Waals surface area (Å²) >= 11 is 0. The van der Waals surface area contributed by atoms with Crippen molar-refractivity contribution in [3.63, 3.8) is 0 Å². The quantitative estimate of drug-likeness (QED) is 0.220. The maximum atomic E-state index is 13.6. The highest BCUT2D eigenvalue weighted by Gasteiger charge is 2.97. The summed E-state index contributed by atoms with van der Waals surface area (Å²) in [5, 5.41) is 0. The summed E-state index contributed by atoms with van der Waals surface area (Å²) in [7, 11) is -5.15. The van der Waals surface area contributed by atoms with Gasteiger partial charge in [0.2, 0.25) is 0 Å². The van der Waals surface area contributed by atoms with E-state index in [1.807, 2.05) is 0 Å². The van der Waals surface area contributed by atoms with Crippen LogP contribution in [0.3, 0.4) is 0 Å². The Balaban J connectivity index is 7.00. The molecule has 0 bridgehead atoms. The minimum absolute atomic E-state index is 0.0694. The Morgan fingerprint density at radius 3 is 0.688 bits per heavy atom. The number of hydrogen-bond donors (Lipinski definition) is 0. The number of rotatable bonds is 8. The third-order valence-electron chi connectivity index (χ3n) is 4.06. The van der Waals surface area contributed by atoms with Crippen LogP contribution < -0.4 is 0 Å². The fourth-order valence-electron chi connectivity index (χ4n) is 1.83. The first kappa shape index (κ1) is 30.9. The first-order valence-electron chi connectivity index (χ1n) is 7.34. The molecule has 0 N–H and O–H groups in total. The summed E-state index contributed by atoms with van der Waals surface area (Å²) < 4.78 is 249. The molecule has 0 atom stereocenters. The minimum Gasteiger partial charge on any atom is -0.205 e. The number of alkyl halides is 19.